The van der Waals surface area contributed by atoms with Gasteiger partial charge in [-0.15, -0.1) is 12.4 Å². The molecule has 1 aromatic heterocycles. The van der Waals surface area contributed by atoms with Gasteiger partial charge in [-0.05, 0) is 43.5 Å². The number of aromatic nitrogens is 2. The van der Waals surface area contributed by atoms with Gasteiger partial charge in [0.05, 0.1) is 7.11 Å². The van der Waals surface area contributed by atoms with Crippen LogP contribution in [0.5, 0.6) is 5.75 Å². The standard InChI is InChI=1S/C18H24N4O3.ClH/c1-24-15-9-7-13(8-10-15)18-20-16(25-21-18)5-2-6-17(23)22-11-3-4-14(22)12-19;/h7-10,14H,2-6,11-12,19H2,1H3;1H. The van der Waals surface area contributed by atoms with Gasteiger partial charge < -0.3 is 19.9 Å². The Morgan fingerprint density at radius 3 is 2.85 bits per heavy atom. The summed E-state index contributed by atoms with van der Waals surface area (Å²) in [6.45, 7) is 1.36. The van der Waals surface area contributed by atoms with E-state index in [1.807, 2.05) is 29.2 Å². The van der Waals surface area contributed by atoms with Gasteiger partial charge in [0.25, 0.3) is 0 Å². The lowest BCUT2D eigenvalue weighted by Gasteiger charge is -2.23. The average molecular weight is 381 g/mol. The van der Waals surface area contributed by atoms with Gasteiger partial charge in [-0.25, -0.2) is 0 Å². The van der Waals surface area contributed by atoms with Crippen LogP contribution in [0.3, 0.4) is 0 Å². The minimum atomic E-state index is 0. The molecule has 2 N–H and O–H groups in total. The number of likely N-dealkylation sites (tertiary alicyclic amines) is 1. The molecule has 0 bridgehead atoms. The first-order valence-corrected chi connectivity index (χ1v) is 8.68. The van der Waals surface area contributed by atoms with E-state index in [0.29, 0.717) is 37.5 Å². The number of ether oxygens (including phenoxy) is 1. The van der Waals surface area contributed by atoms with Crippen LogP contribution in [0.15, 0.2) is 28.8 Å². The quantitative estimate of drug-likeness (QED) is 0.792. The molecule has 1 aliphatic rings. The number of benzene rings is 1. The van der Waals surface area contributed by atoms with Gasteiger partial charge in [-0.2, -0.15) is 4.98 Å². The largest absolute Gasteiger partial charge is 0.497 e. The minimum absolute atomic E-state index is 0. The molecule has 0 radical (unpaired) electrons. The maximum Gasteiger partial charge on any atom is 0.226 e. The van der Waals surface area contributed by atoms with Crippen molar-refractivity contribution in [1.82, 2.24) is 15.0 Å². The molecule has 7 nitrogen and oxygen atoms in total. The summed E-state index contributed by atoms with van der Waals surface area (Å²) in [7, 11) is 1.63. The van der Waals surface area contributed by atoms with Crippen molar-refractivity contribution in [3.63, 3.8) is 0 Å². The third-order valence-electron chi connectivity index (χ3n) is 4.57. The van der Waals surface area contributed by atoms with Gasteiger partial charge in [0.15, 0.2) is 0 Å². The van der Waals surface area contributed by atoms with Crippen LogP contribution in [0.1, 0.15) is 31.6 Å². The van der Waals surface area contributed by atoms with E-state index in [2.05, 4.69) is 10.1 Å². The maximum atomic E-state index is 12.3. The third-order valence-corrected chi connectivity index (χ3v) is 4.57. The second-order valence-corrected chi connectivity index (χ2v) is 6.21. The lowest BCUT2D eigenvalue weighted by molar-refractivity contribution is -0.131. The highest BCUT2D eigenvalue weighted by Crippen LogP contribution is 2.21. The summed E-state index contributed by atoms with van der Waals surface area (Å²) in [6, 6.07) is 7.69. The molecule has 3 rings (SSSR count). The molecule has 1 atom stereocenters. The lowest BCUT2D eigenvalue weighted by atomic mass is 10.2. The number of aryl methyl sites for hydroxylation is 1. The van der Waals surface area contributed by atoms with Crippen molar-refractivity contribution in [3.8, 4) is 17.1 Å². The summed E-state index contributed by atoms with van der Waals surface area (Å²) in [4.78, 5) is 18.6. The fourth-order valence-electron chi connectivity index (χ4n) is 3.16. The normalized spacial score (nSPS) is 16.4. The van der Waals surface area contributed by atoms with E-state index in [1.54, 1.807) is 7.11 Å². The molecular formula is C18H25ClN4O3. The second-order valence-electron chi connectivity index (χ2n) is 6.21. The Labute approximate surface area is 159 Å². The number of amides is 1. The summed E-state index contributed by atoms with van der Waals surface area (Å²) in [5.41, 5.74) is 6.59. The van der Waals surface area contributed by atoms with Crippen molar-refractivity contribution in [2.45, 2.75) is 38.1 Å². The first-order valence-electron chi connectivity index (χ1n) is 8.68. The van der Waals surface area contributed by atoms with Crippen molar-refractivity contribution in [2.75, 3.05) is 20.2 Å². The Bertz CT molecular complexity index is 705. The zero-order chi connectivity index (χ0) is 17.6. The van der Waals surface area contributed by atoms with Crippen LogP contribution in [0, 0.1) is 0 Å². The number of rotatable bonds is 7. The Balaban J connectivity index is 0.00000243. The van der Waals surface area contributed by atoms with Gasteiger partial charge in [0.1, 0.15) is 5.75 Å². The maximum absolute atomic E-state index is 12.3. The van der Waals surface area contributed by atoms with E-state index < -0.39 is 0 Å². The van der Waals surface area contributed by atoms with Crippen LogP contribution in [0.2, 0.25) is 0 Å². The second kappa shape index (κ2) is 9.54. The highest BCUT2D eigenvalue weighted by atomic mass is 35.5. The lowest BCUT2D eigenvalue weighted by Crippen LogP contribution is -2.39. The zero-order valence-electron chi connectivity index (χ0n) is 14.9. The summed E-state index contributed by atoms with van der Waals surface area (Å²) in [5, 5.41) is 4.00. The first-order chi connectivity index (χ1) is 12.2. The van der Waals surface area contributed by atoms with Crippen molar-refractivity contribution < 1.29 is 14.1 Å². The van der Waals surface area contributed by atoms with Crippen LogP contribution in [-0.4, -0.2) is 47.2 Å². The van der Waals surface area contributed by atoms with Gasteiger partial charge in [-0.1, -0.05) is 5.16 Å². The number of nitrogens with two attached hydrogens (primary N) is 1. The van der Waals surface area contributed by atoms with E-state index in [1.165, 1.54) is 0 Å². The van der Waals surface area contributed by atoms with Crippen molar-refractivity contribution >= 4 is 18.3 Å². The molecule has 2 heterocycles. The van der Waals surface area contributed by atoms with Crippen LogP contribution in [0.4, 0.5) is 0 Å². The topological polar surface area (TPSA) is 94.5 Å². The van der Waals surface area contributed by atoms with Crippen LogP contribution in [0.25, 0.3) is 11.4 Å². The SMILES string of the molecule is COc1ccc(-c2noc(CCCC(=O)N3CCCC3CN)n2)cc1.Cl. The molecule has 0 spiro atoms. The third kappa shape index (κ3) is 4.74. The fourth-order valence-corrected chi connectivity index (χ4v) is 3.16. The molecule has 1 unspecified atom stereocenters. The molecule has 2 aromatic rings. The number of hydrogen-bond donors (Lipinski definition) is 1. The van der Waals surface area contributed by atoms with Crippen molar-refractivity contribution in [2.24, 2.45) is 5.73 Å². The highest BCUT2D eigenvalue weighted by Gasteiger charge is 2.26. The fraction of sp³-hybridized carbons (Fsp3) is 0.500. The molecular weight excluding hydrogens is 356 g/mol. The average Bonchev–Trinajstić information content (AvgIpc) is 3.31. The van der Waals surface area contributed by atoms with Crippen LogP contribution < -0.4 is 10.5 Å². The Morgan fingerprint density at radius 2 is 2.15 bits per heavy atom. The number of hydrogen-bond acceptors (Lipinski definition) is 6. The van der Waals surface area contributed by atoms with Gasteiger partial charge in [0.2, 0.25) is 17.6 Å². The van der Waals surface area contributed by atoms with E-state index in [0.717, 1.165) is 30.7 Å². The van der Waals surface area contributed by atoms with Gasteiger partial charge >= 0.3 is 0 Å². The molecule has 1 saturated heterocycles. The number of carbonyl (C=O) groups is 1. The Morgan fingerprint density at radius 1 is 1.38 bits per heavy atom. The summed E-state index contributed by atoms with van der Waals surface area (Å²) in [5.74, 6) is 2.05. The molecule has 26 heavy (non-hydrogen) atoms. The molecule has 8 heteroatoms. The zero-order valence-corrected chi connectivity index (χ0v) is 15.7. The van der Waals surface area contributed by atoms with Crippen LogP contribution in [-0.2, 0) is 11.2 Å². The molecule has 1 aliphatic heterocycles. The Hall–Kier alpha value is -2.12. The Kier molecular flexibility index (Phi) is 7.41. The van der Waals surface area contributed by atoms with Crippen molar-refractivity contribution in [3.05, 3.63) is 30.2 Å². The predicted octanol–water partition coefficient (Wildman–Crippen LogP) is 2.44. The van der Waals surface area contributed by atoms with Crippen LogP contribution >= 0.6 is 12.4 Å². The molecule has 0 aliphatic carbocycles. The van der Waals surface area contributed by atoms with E-state index in [9.17, 15) is 4.79 Å². The summed E-state index contributed by atoms with van der Waals surface area (Å²) < 4.78 is 10.4. The highest BCUT2D eigenvalue weighted by molar-refractivity contribution is 5.85. The molecule has 1 aromatic carbocycles. The van der Waals surface area contributed by atoms with E-state index in [-0.39, 0.29) is 24.4 Å². The smallest absolute Gasteiger partial charge is 0.226 e. The van der Waals surface area contributed by atoms with E-state index >= 15 is 0 Å². The number of carbonyl (C=O) groups excluding carboxylic acids is 1. The number of nitrogens with zero attached hydrogens (tertiary/aromatic N) is 3. The molecule has 0 saturated carbocycles. The summed E-state index contributed by atoms with van der Waals surface area (Å²) in [6.07, 6.45) is 3.82. The monoisotopic (exact) mass is 380 g/mol. The molecule has 1 fully saturated rings. The number of methoxy groups -OCH3 is 1. The van der Waals surface area contributed by atoms with Gasteiger partial charge in [-0.3, -0.25) is 4.79 Å². The molecule has 1 amide bonds. The number of halogens is 1. The van der Waals surface area contributed by atoms with Gasteiger partial charge in [0, 0.05) is 37.5 Å². The molecule has 142 valence electrons. The first kappa shape index (κ1) is 20.2. The summed E-state index contributed by atoms with van der Waals surface area (Å²) >= 11 is 0. The predicted molar refractivity (Wildman–Crippen MR) is 100 cm³/mol. The van der Waals surface area contributed by atoms with E-state index in [4.69, 9.17) is 15.0 Å². The minimum Gasteiger partial charge on any atom is -0.497 e. The van der Waals surface area contributed by atoms with Crippen molar-refractivity contribution in [1.29, 1.82) is 0 Å².